The lowest BCUT2D eigenvalue weighted by Crippen LogP contribution is -2.43. The Morgan fingerprint density at radius 3 is 2.75 bits per heavy atom. The minimum absolute atomic E-state index is 0.151. The molecule has 0 aromatic carbocycles. The van der Waals surface area contributed by atoms with Crippen molar-refractivity contribution in [2.45, 2.75) is 44.6 Å². The lowest BCUT2D eigenvalue weighted by molar-refractivity contribution is -0.143. The second-order valence-corrected chi connectivity index (χ2v) is 5.25. The molecule has 1 fully saturated rings. The fourth-order valence-electron chi connectivity index (χ4n) is 2.70. The number of aliphatic carboxylic acids is 1. The molecular weight excluding hydrogens is 256 g/mol. The van der Waals surface area contributed by atoms with Crippen LogP contribution in [0.4, 0.5) is 0 Å². The number of carboxylic acids is 1. The Kier molecular flexibility index (Phi) is 5.09. The first-order valence-corrected chi connectivity index (χ1v) is 7.09. The average molecular weight is 276 g/mol. The smallest absolute Gasteiger partial charge is 0.308 e. The van der Waals surface area contributed by atoms with Crippen molar-refractivity contribution >= 4 is 11.9 Å². The SMILES string of the molecule is O=C(Cc1ccccn1)NC1CCCCCC1C(=O)O. The first-order chi connectivity index (χ1) is 9.66. The van der Waals surface area contributed by atoms with Gasteiger partial charge in [0.2, 0.25) is 5.91 Å². The maximum atomic E-state index is 12.0. The summed E-state index contributed by atoms with van der Waals surface area (Å²) in [6, 6.07) is 5.17. The van der Waals surface area contributed by atoms with E-state index in [2.05, 4.69) is 10.3 Å². The summed E-state index contributed by atoms with van der Waals surface area (Å²) in [6.07, 6.45) is 6.16. The number of carboxylic acid groups (broad SMARTS) is 1. The van der Waals surface area contributed by atoms with Gasteiger partial charge in [0.05, 0.1) is 12.3 Å². The normalized spacial score (nSPS) is 22.8. The molecule has 2 N–H and O–H groups in total. The number of nitrogens with zero attached hydrogens (tertiary/aromatic N) is 1. The number of nitrogens with one attached hydrogen (secondary N) is 1. The van der Waals surface area contributed by atoms with Gasteiger partial charge in [-0.1, -0.05) is 25.3 Å². The van der Waals surface area contributed by atoms with Gasteiger partial charge in [0.25, 0.3) is 0 Å². The Hall–Kier alpha value is -1.91. The van der Waals surface area contributed by atoms with Crippen LogP contribution < -0.4 is 5.32 Å². The highest BCUT2D eigenvalue weighted by Gasteiger charge is 2.30. The van der Waals surface area contributed by atoms with Gasteiger partial charge in [-0.25, -0.2) is 0 Å². The Balaban J connectivity index is 1.95. The van der Waals surface area contributed by atoms with Crippen LogP contribution in [0.25, 0.3) is 0 Å². The molecule has 1 amide bonds. The zero-order valence-electron chi connectivity index (χ0n) is 11.4. The minimum atomic E-state index is -0.810. The number of carbonyl (C=O) groups excluding carboxylic acids is 1. The topological polar surface area (TPSA) is 79.3 Å². The van der Waals surface area contributed by atoms with E-state index in [4.69, 9.17) is 0 Å². The first kappa shape index (κ1) is 14.5. The monoisotopic (exact) mass is 276 g/mol. The second-order valence-electron chi connectivity index (χ2n) is 5.25. The summed E-state index contributed by atoms with van der Waals surface area (Å²) in [5.41, 5.74) is 0.700. The molecule has 0 saturated heterocycles. The summed E-state index contributed by atoms with van der Waals surface area (Å²) in [6.45, 7) is 0. The van der Waals surface area contributed by atoms with Gasteiger partial charge in [-0.15, -0.1) is 0 Å². The standard InChI is InChI=1S/C15H20N2O3/c18-14(10-11-6-4-5-9-16-11)17-13-8-3-1-2-7-12(13)15(19)20/h4-6,9,12-13H,1-3,7-8,10H2,(H,17,18)(H,19,20). The van der Waals surface area contributed by atoms with Gasteiger partial charge in [-0.2, -0.15) is 0 Å². The van der Waals surface area contributed by atoms with Crippen molar-refractivity contribution in [3.05, 3.63) is 30.1 Å². The molecule has 0 aliphatic heterocycles. The summed E-state index contributed by atoms with van der Waals surface area (Å²) in [7, 11) is 0. The van der Waals surface area contributed by atoms with Crippen molar-refractivity contribution in [2.75, 3.05) is 0 Å². The number of hydrogen-bond acceptors (Lipinski definition) is 3. The molecule has 0 bridgehead atoms. The number of pyridine rings is 1. The molecule has 1 saturated carbocycles. The Bertz CT molecular complexity index is 461. The molecule has 108 valence electrons. The summed E-state index contributed by atoms with van der Waals surface area (Å²) in [4.78, 5) is 27.4. The minimum Gasteiger partial charge on any atom is -0.481 e. The average Bonchev–Trinajstić information content (AvgIpc) is 2.65. The van der Waals surface area contributed by atoms with Crippen LogP contribution in [0.1, 0.15) is 37.8 Å². The fraction of sp³-hybridized carbons (Fsp3) is 0.533. The molecule has 1 aromatic heterocycles. The fourth-order valence-corrected chi connectivity index (χ4v) is 2.70. The molecule has 2 rings (SSSR count). The molecule has 1 aliphatic rings. The molecule has 1 heterocycles. The van der Waals surface area contributed by atoms with Crippen LogP contribution in [0.5, 0.6) is 0 Å². The van der Waals surface area contributed by atoms with Gasteiger partial charge in [0.15, 0.2) is 0 Å². The van der Waals surface area contributed by atoms with Crippen LogP contribution >= 0.6 is 0 Å². The zero-order chi connectivity index (χ0) is 14.4. The van der Waals surface area contributed by atoms with Crippen molar-refractivity contribution in [2.24, 2.45) is 5.92 Å². The van der Waals surface area contributed by atoms with Crippen molar-refractivity contribution in [3.8, 4) is 0 Å². The largest absolute Gasteiger partial charge is 0.481 e. The van der Waals surface area contributed by atoms with Crippen molar-refractivity contribution in [1.29, 1.82) is 0 Å². The molecule has 5 nitrogen and oxygen atoms in total. The summed E-state index contributed by atoms with van der Waals surface area (Å²) >= 11 is 0. The Labute approximate surface area is 118 Å². The van der Waals surface area contributed by atoms with E-state index in [1.807, 2.05) is 6.07 Å². The molecule has 5 heteroatoms. The van der Waals surface area contributed by atoms with Crippen LogP contribution in [-0.2, 0) is 16.0 Å². The Morgan fingerprint density at radius 2 is 2.05 bits per heavy atom. The van der Waals surface area contributed by atoms with E-state index < -0.39 is 11.9 Å². The number of carbonyl (C=O) groups is 2. The lowest BCUT2D eigenvalue weighted by atomic mass is 9.94. The maximum absolute atomic E-state index is 12.0. The highest BCUT2D eigenvalue weighted by atomic mass is 16.4. The van der Waals surface area contributed by atoms with Gasteiger partial charge in [0, 0.05) is 17.9 Å². The molecule has 20 heavy (non-hydrogen) atoms. The molecule has 1 aromatic rings. The van der Waals surface area contributed by atoms with E-state index in [-0.39, 0.29) is 18.4 Å². The third-order valence-electron chi connectivity index (χ3n) is 3.75. The summed E-state index contributed by atoms with van der Waals surface area (Å²) < 4.78 is 0. The van der Waals surface area contributed by atoms with E-state index in [9.17, 15) is 14.7 Å². The van der Waals surface area contributed by atoms with Crippen molar-refractivity contribution < 1.29 is 14.7 Å². The molecule has 2 atom stereocenters. The van der Waals surface area contributed by atoms with Crippen LogP contribution in [0.3, 0.4) is 0 Å². The zero-order valence-corrected chi connectivity index (χ0v) is 11.4. The van der Waals surface area contributed by atoms with Gasteiger partial charge in [0.1, 0.15) is 0 Å². The second kappa shape index (κ2) is 7.03. The highest BCUT2D eigenvalue weighted by Crippen LogP contribution is 2.23. The number of rotatable bonds is 4. The quantitative estimate of drug-likeness (QED) is 0.821. The predicted molar refractivity (Wildman–Crippen MR) is 74.1 cm³/mol. The van der Waals surface area contributed by atoms with E-state index >= 15 is 0 Å². The van der Waals surface area contributed by atoms with E-state index in [0.717, 1.165) is 25.7 Å². The molecule has 1 aliphatic carbocycles. The summed E-state index contributed by atoms with van der Waals surface area (Å²) in [5, 5.41) is 12.2. The van der Waals surface area contributed by atoms with Crippen molar-refractivity contribution in [3.63, 3.8) is 0 Å². The number of aromatic nitrogens is 1. The third-order valence-corrected chi connectivity index (χ3v) is 3.75. The van der Waals surface area contributed by atoms with E-state index in [0.29, 0.717) is 12.1 Å². The predicted octanol–water partition coefficient (Wildman–Crippen LogP) is 1.77. The lowest BCUT2D eigenvalue weighted by Gasteiger charge is -2.22. The van der Waals surface area contributed by atoms with Gasteiger partial charge < -0.3 is 10.4 Å². The summed E-state index contributed by atoms with van der Waals surface area (Å²) in [5.74, 6) is -1.43. The third kappa shape index (κ3) is 4.05. The maximum Gasteiger partial charge on any atom is 0.308 e. The molecular formula is C15H20N2O3. The number of hydrogen-bond donors (Lipinski definition) is 2. The van der Waals surface area contributed by atoms with E-state index in [1.54, 1.807) is 18.3 Å². The highest BCUT2D eigenvalue weighted by molar-refractivity contribution is 5.79. The Morgan fingerprint density at radius 1 is 1.25 bits per heavy atom. The number of amides is 1. The van der Waals surface area contributed by atoms with Crippen molar-refractivity contribution in [1.82, 2.24) is 10.3 Å². The van der Waals surface area contributed by atoms with Crippen LogP contribution in [0.15, 0.2) is 24.4 Å². The molecule has 0 radical (unpaired) electrons. The van der Waals surface area contributed by atoms with Crippen LogP contribution in [0, 0.1) is 5.92 Å². The molecule has 2 unspecified atom stereocenters. The first-order valence-electron chi connectivity index (χ1n) is 7.09. The van der Waals surface area contributed by atoms with Crippen LogP contribution in [-0.4, -0.2) is 28.0 Å². The van der Waals surface area contributed by atoms with Crippen LogP contribution in [0.2, 0.25) is 0 Å². The van der Waals surface area contributed by atoms with Gasteiger partial charge >= 0.3 is 5.97 Å². The van der Waals surface area contributed by atoms with Gasteiger partial charge in [-0.05, 0) is 25.0 Å². The van der Waals surface area contributed by atoms with Gasteiger partial charge in [-0.3, -0.25) is 14.6 Å². The molecule has 0 spiro atoms. The van der Waals surface area contributed by atoms with E-state index in [1.165, 1.54) is 0 Å².